The van der Waals surface area contributed by atoms with Gasteiger partial charge in [-0.1, -0.05) is 36.4 Å². The highest BCUT2D eigenvalue weighted by Gasteiger charge is 2.06. The van der Waals surface area contributed by atoms with Crippen LogP contribution >= 0.6 is 0 Å². The normalized spacial score (nSPS) is 9.93. The van der Waals surface area contributed by atoms with Gasteiger partial charge in [0.25, 0.3) is 0 Å². The summed E-state index contributed by atoms with van der Waals surface area (Å²) in [4.78, 5) is 21.0. The largest absolute Gasteiger partial charge is 0.478 e. The fraction of sp³-hybridized carbons (Fsp3) is 0. The summed E-state index contributed by atoms with van der Waals surface area (Å²) in [6, 6.07) is 19.0. The third-order valence-electron chi connectivity index (χ3n) is 3.61. The molecule has 0 spiro atoms. The van der Waals surface area contributed by atoms with E-state index >= 15 is 0 Å². The van der Waals surface area contributed by atoms with Crippen LogP contribution in [0.1, 0.15) is 20.7 Å². The smallest absolute Gasteiger partial charge is 0.338 e. The molecule has 134 valence electrons. The number of benzene rings is 2. The molecule has 0 amide bonds. The topological polar surface area (TPSA) is 90.0 Å². The Kier molecular flexibility index (Phi) is 5.54. The second kappa shape index (κ2) is 8.39. The van der Waals surface area contributed by atoms with E-state index in [0.29, 0.717) is 5.56 Å². The van der Waals surface area contributed by atoms with Gasteiger partial charge in [0.15, 0.2) is 6.29 Å². The van der Waals surface area contributed by atoms with Crippen LogP contribution in [0.25, 0.3) is 11.4 Å². The van der Waals surface area contributed by atoms with E-state index in [0.717, 1.165) is 17.7 Å². The summed E-state index contributed by atoms with van der Waals surface area (Å²) < 4.78 is 3.20. The number of aldehydes is 1. The highest BCUT2D eigenvalue weighted by atomic mass is 16.4. The molecular formula is C20H16N4O3. The van der Waals surface area contributed by atoms with Crippen molar-refractivity contribution < 1.29 is 14.7 Å². The van der Waals surface area contributed by atoms with Crippen molar-refractivity contribution in [2.24, 2.45) is 0 Å². The lowest BCUT2D eigenvalue weighted by Crippen LogP contribution is -1.95. The Morgan fingerprint density at radius 2 is 1.33 bits per heavy atom. The molecule has 0 radical (unpaired) electrons. The van der Waals surface area contributed by atoms with E-state index in [1.54, 1.807) is 17.1 Å². The van der Waals surface area contributed by atoms with Gasteiger partial charge in [-0.15, -0.1) is 0 Å². The van der Waals surface area contributed by atoms with Gasteiger partial charge in [0, 0.05) is 12.4 Å². The summed E-state index contributed by atoms with van der Waals surface area (Å²) in [7, 11) is 0. The lowest BCUT2D eigenvalue weighted by molar-refractivity contribution is 0.0696. The van der Waals surface area contributed by atoms with Crippen LogP contribution in [0.2, 0.25) is 0 Å². The van der Waals surface area contributed by atoms with Crippen LogP contribution < -0.4 is 0 Å². The van der Waals surface area contributed by atoms with Gasteiger partial charge in [0.2, 0.25) is 0 Å². The van der Waals surface area contributed by atoms with Gasteiger partial charge < -0.3 is 5.11 Å². The number of carboxylic acids is 1. The number of carbonyl (C=O) groups is 2. The summed E-state index contributed by atoms with van der Waals surface area (Å²) in [5, 5.41) is 16.7. The highest BCUT2D eigenvalue weighted by molar-refractivity contribution is 5.86. The molecular weight excluding hydrogens is 344 g/mol. The zero-order chi connectivity index (χ0) is 19.1. The molecule has 7 nitrogen and oxygen atoms in total. The van der Waals surface area contributed by atoms with Gasteiger partial charge in [-0.05, 0) is 24.3 Å². The molecule has 0 bridgehead atoms. The number of aromatic nitrogens is 4. The van der Waals surface area contributed by atoms with Crippen LogP contribution in [-0.2, 0) is 0 Å². The molecule has 0 saturated carbocycles. The van der Waals surface area contributed by atoms with Gasteiger partial charge in [-0.2, -0.15) is 10.2 Å². The van der Waals surface area contributed by atoms with Gasteiger partial charge in [0.05, 0.1) is 34.9 Å². The summed E-state index contributed by atoms with van der Waals surface area (Å²) >= 11 is 0. The first-order valence-electron chi connectivity index (χ1n) is 8.06. The van der Waals surface area contributed by atoms with Crippen LogP contribution in [-0.4, -0.2) is 36.9 Å². The Morgan fingerprint density at radius 3 is 1.78 bits per heavy atom. The van der Waals surface area contributed by atoms with Crippen molar-refractivity contribution >= 4 is 12.3 Å². The van der Waals surface area contributed by atoms with Crippen molar-refractivity contribution in [3.8, 4) is 11.4 Å². The Morgan fingerprint density at radius 1 is 0.815 bits per heavy atom. The third kappa shape index (κ3) is 4.55. The molecule has 0 fully saturated rings. The van der Waals surface area contributed by atoms with Gasteiger partial charge in [0.1, 0.15) is 0 Å². The van der Waals surface area contributed by atoms with Crippen LogP contribution in [0.15, 0.2) is 85.5 Å². The third-order valence-corrected chi connectivity index (χ3v) is 3.61. The van der Waals surface area contributed by atoms with Gasteiger partial charge >= 0.3 is 5.97 Å². The first-order valence-corrected chi connectivity index (χ1v) is 8.06. The van der Waals surface area contributed by atoms with Crippen LogP contribution in [0.4, 0.5) is 0 Å². The van der Waals surface area contributed by atoms with Crippen LogP contribution in [0, 0.1) is 0 Å². The summed E-state index contributed by atoms with van der Waals surface area (Å²) in [5.74, 6) is -0.966. The monoisotopic (exact) mass is 360 g/mol. The number of para-hydroxylation sites is 2. The minimum absolute atomic E-state index is 0.189. The van der Waals surface area contributed by atoms with E-state index in [2.05, 4.69) is 10.2 Å². The van der Waals surface area contributed by atoms with Gasteiger partial charge in [-0.25, -0.2) is 14.2 Å². The predicted molar refractivity (Wildman–Crippen MR) is 99.5 cm³/mol. The molecule has 0 saturated heterocycles. The van der Waals surface area contributed by atoms with E-state index < -0.39 is 5.97 Å². The molecule has 27 heavy (non-hydrogen) atoms. The first-order chi connectivity index (χ1) is 13.2. The Labute approximate surface area is 155 Å². The van der Waals surface area contributed by atoms with E-state index in [4.69, 9.17) is 5.11 Å². The molecule has 2 aromatic carbocycles. The number of aromatic carboxylic acids is 1. The van der Waals surface area contributed by atoms with Crippen molar-refractivity contribution in [3.63, 3.8) is 0 Å². The average molecular weight is 360 g/mol. The van der Waals surface area contributed by atoms with Crippen molar-refractivity contribution in [2.45, 2.75) is 0 Å². The second-order valence-corrected chi connectivity index (χ2v) is 5.49. The minimum atomic E-state index is -0.966. The van der Waals surface area contributed by atoms with Crippen molar-refractivity contribution in [3.05, 3.63) is 96.6 Å². The number of hydrogen-bond acceptors (Lipinski definition) is 4. The zero-order valence-corrected chi connectivity index (χ0v) is 14.2. The number of carbonyl (C=O) groups excluding carboxylic acids is 1. The highest BCUT2D eigenvalue weighted by Crippen LogP contribution is 2.07. The molecule has 0 atom stereocenters. The maximum atomic E-state index is 10.6. The fourth-order valence-corrected chi connectivity index (χ4v) is 2.27. The average Bonchev–Trinajstić information content (AvgIpc) is 3.40. The van der Waals surface area contributed by atoms with Crippen LogP contribution in [0.5, 0.6) is 0 Å². The molecule has 0 unspecified atom stereocenters. The summed E-state index contributed by atoms with van der Waals surface area (Å²) in [6.07, 6.45) is 6.84. The van der Waals surface area contributed by atoms with Crippen molar-refractivity contribution in [1.82, 2.24) is 19.6 Å². The number of rotatable bonds is 4. The van der Waals surface area contributed by atoms with Crippen LogP contribution in [0.3, 0.4) is 0 Å². The van der Waals surface area contributed by atoms with Gasteiger partial charge in [-0.3, -0.25) is 4.79 Å². The summed E-state index contributed by atoms with van der Waals surface area (Å²) in [5.41, 5.74) is 2.58. The predicted octanol–water partition coefficient (Wildman–Crippen LogP) is 3.26. The lowest BCUT2D eigenvalue weighted by atomic mass is 10.3. The standard InChI is InChI=1S/C10H8N2O2.C10H8N2O/c13-10(14)8-6-11-12(7-8)9-4-2-1-3-5-9;13-8-9-6-11-12(7-9)10-4-2-1-3-5-10/h1-7H,(H,13,14);1-8H. The Bertz CT molecular complexity index is 1020. The second-order valence-electron chi connectivity index (χ2n) is 5.49. The minimum Gasteiger partial charge on any atom is -0.478 e. The van der Waals surface area contributed by atoms with E-state index in [1.807, 2.05) is 60.7 Å². The van der Waals surface area contributed by atoms with E-state index in [9.17, 15) is 9.59 Å². The fourth-order valence-electron chi connectivity index (χ4n) is 2.27. The number of nitrogens with zero attached hydrogens (tertiary/aromatic N) is 4. The SMILES string of the molecule is O=C(O)c1cnn(-c2ccccc2)c1.O=Cc1cnn(-c2ccccc2)c1. The molecule has 2 heterocycles. The molecule has 2 aromatic heterocycles. The molecule has 0 aliphatic heterocycles. The molecule has 7 heteroatoms. The maximum Gasteiger partial charge on any atom is 0.338 e. The van der Waals surface area contributed by atoms with E-state index in [1.165, 1.54) is 17.1 Å². The molecule has 0 aliphatic carbocycles. The number of carboxylic acid groups (broad SMARTS) is 1. The first kappa shape index (κ1) is 17.8. The Balaban J connectivity index is 0.000000156. The Hall–Kier alpha value is -4.00. The molecule has 1 N–H and O–H groups in total. The molecule has 4 aromatic rings. The quantitative estimate of drug-likeness (QED) is 0.564. The number of hydrogen-bond donors (Lipinski definition) is 1. The van der Waals surface area contributed by atoms with Crippen molar-refractivity contribution in [1.29, 1.82) is 0 Å². The van der Waals surface area contributed by atoms with E-state index in [-0.39, 0.29) is 5.56 Å². The molecule has 4 rings (SSSR count). The maximum absolute atomic E-state index is 10.6. The lowest BCUT2D eigenvalue weighted by Gasteiger charge is -1.98. The summed E-state index contributed by atoms with van der Waals surface area (Å²) in [6.45, 7) is 0. The van der Waals surface area contributed by atoms with Crippen molar-refractivity contribution in [2.75, 3.05) is 0 Å². The zero-order valence-electron chi connectivity index (χ0n) is 14.2. The molecule has 0 aliphatic rings.